The summed E-state index contributed by atoms with van der Waals surface area (Å²) in [6.07, 6.45) is 1.63. The molecule has 0 radical (unpaired) electrons. The van der Waals surface area contributed by atoms with Crippen molar-refractivity contribution < 1.29 is 14.6 Å². The fourth-order valence-electron chi connectivity index (χ4n) is 2.03. The summed E-state index contributed by atoms with van der Waals surface area (Å²) < 4.78 is 5.03. The fraction of sp³-hybridized carbons (Fsp3) is 0.538. The second kappa shape index (κ2) is 6.35. The molecule has 0 saturated heterocycles. The van der Waals surface area contributed by atoms with Gasteiger partial charge in [0.15, 0.2) is 0 Å². The topological polar surface area (TPSA) is 85.4 Å². The van der Waals surface area contributed by atoms with Gasteiger partial charge in [0.1, 0.15) is 0 Å². The molecule has 1 heterocycles. The lowest BCUT2D eigenvalue weighted by Crippen LogP contribution is -2.40. The van der Waals surface area contributed by atoms with Crippen LogP contribution in [-0.2, 0) is 11.2 Å². The van der Waals surface area contributed by atoms with Crippen LogP contribution in [0.3, 0.4) is 0 Å². The number of carbonyl (C=O) groups is 1. The van der Waals surface area contributed by atoms with E-state index in [4.69, 9.17) is 10.5 Å². The number of nitrogens with zero attached hydrogens (tertiary/aromatic N) is 1. The number of aromatic nitrogens is 1. The van der Waals surface area contributed by atoms with Crippen molar-refractivity contribution in [1.29, 1.82) is 0 Å². The van der Waals surface area contributed by atoms with Gasteiger partial charge < -0.3 is 15.6 Å². The van der Waals surface area contributed by atoms with Crippen LogP contribution >= 0.6 is 0 Å². The summed E-state index contributed by atoms with van der Waals surface area (Å²) in [6.45, 7) is 2.06. The van der Waals surface area contributed by atoms with Gasteiger partial charge in [-0.3, -0.25) is 4.79 Å². The normalized spacial score (nSPS) is 13.9. The molecular weight excluding hydrogens is 232 g/mol. The predicted molar refractivity (Wildman–Crippen MR) is 68.5 cm³/mol. The van der Waals surface area contributed by atoms with Crippen molar-refractivity contribution in [2.45, 2.75) is 26.2 Å². The third-order valence-electron chi connectivity index (χ3n) is 3.08. The van der Waals surface area contributed by atoms with Crippen molar-refractivity contribution in [3.63, 3.8) is 0 Å². The summed E-state index contributed by atoms with van der Waals surface area (Å²) in [6, 6.07) is 5.33. The molecule has 0 aliphatic heterocycles. The van der Waals surface area contributed by atoms with Crippen LogP contribution in [0.15, 0.2) is 18.2 Å². The highest BCUT2D eigenvalue weighted by atomic mass is 16.5. The van der Waals surface area contributed by atoms with E-state index in [9.17, 15) is 9.90 Å². The molecule has 1 aromatic heterocycles. The molecule has 18 heavy (non-hydrogen) atoms. The molecular formula is C13H20N2O3. The van der Waals surface area contributed by atoms with Crippen LogP contribution in [0, 0.1) is 5.41 Å². The van der Waals surface area contributed by atoms with Gasteiger partial charge in [0.05, 0.1) is 12.5 Å². The van der Waals surface area contributed by atoms with Gasteiger partial charge in [-0.2, -0.15) is 0 Å². The smallest absolute Gasteiger partial charge is 0.311 e. The van der Waals surface area contributed by atoms with Crippen molar-refractivity contribution in [2.75, 3.05) is 13.7 Å². The van der Waals surface area contributed by atoms with Crippen LogP contribution in [-0.4, -0.2) is 29.7 Å². The average Bonchev–Trinajstić information content (AvgIpc) is 2.38. The fourth-order valence-corrected chi connectivity index (χ4v) is 2.03. The van der Waals surface area contributed by atoms with Gasteiger partial charge >= 0.3 is 5.97 Å². The van der Waals surface area contributed by atoms with Crippen molar-refractivity contribution in [3.8, 4) is 5.88 Å². The summed E-state index contributed by atoms with van der Waals surface area (Å²) in [5.74, 6) is -0.378. The lowest BCUT2D eigenvalue weighted by atomic mass is 9.79. The number of rotatable bonds is 7. The lowest BCUT2D eigenvalue weighted by Gasteiger charge is -2.27. The number of methoxy groups -OCH3 is 1. The molecule has 1 unspecified atom stereocenters. The second-order valence-corrected chi connectivity index (χ2v) is 4.39. The van der Waals surface area contributed by atoms with Crippen molar-refractivity contribution in [2.24, 2.45) is 11.1 Å². The molecule has 100 valence electrons. The second-order valence-electron chi connectivity index (χ2n) is 4.39. The van der Waals surface area contributed by atoms with E-state index in [0.29, 0.717) is 24.4 Å². The van der Waals surface area contributed by atoms with Gasteiger partial charge in [-0.05, 0) is 12.5 Å². The van der Waals surface area contributed by atoms with Gasteiger partial charge in [-0.15, -0.1) is 0 Å². The third kappa shape index (κ3) is 3.20. The monoisotopic (exact) mass is 252 g/mol. The number of ether oxygens (including phenoxy) is 1. The molecule has 0 aliphatic rings. The average molecular weight is 252 g/mol. The molecule has 1 rings (SSSR count). The van der Waals surface area contributed by atoms with E-state index < -0.39 is 11.4 Å². The Labute approximate surface area is 107 Å². The van der Waals surface area contributed by atoms with Crippen LogP contribution in [0.2, 0.25) is 0 Å². The molecule has 1 aromatic rings. The number of hydrogen-bond donors (Lipinski definition) is 2. The van der Waals surface area contributed by atoms with E-state index in [-0.39, 0.29) is 6.54 Å². The Balaban J connectivity index is 2.98. The Morgan fingerprint density at radius 1 is 1.56 bits per heavy atom. The van der Waals surface area contributed by atoms with E-state index >= 15 is 0 Å². The third-order valence-corrected chi connectivity index (χ3v) is 3.08. The number of carboxylic acids is 1. The number of aliphatic carboxylic acids is 1. The van der Waals surface area contributed by atoms with E-state index in [1.54, 1.807) is 18.2 Å². The maximum Gasteiger partial charge on any atom is 0.311 e. The summed E-state index contributed by atoms with van der Waals surface area (Å²) in [4.78, 5) is 15.7. The SMILES string of the molecule is CCCC(CN)(Cc1cccc(OC)n1)C(=O)O. The number of pyridine rings is 1. The van der Waals surface area contributed by atoms with Crippen LogP contribution in [0.1, 0.15) is 25.5 Å². The molecule has 5 nitrogen and oxygen atoms in total. The number of hydrogen-bond acceptors (Lipinski definition) is 4. The first-order valence-electron chi connectivity index (χ1n) is 6.01. The molecule has 0 aromatic carbocycles. The first kappa shape index (κ1) is 14.4. The lowest BCUT2D eigenvalue weighted by molar-refractivity contribution is -0.148. The van der Waals surface area contributed by atoms with Crippen molar-refractivity contribution >= 4 is 5.97 Å². The van der Waals surface area contributed by atoms with Crippen LogP contribution in [0.4, 0.5) is 0 Å². The minimum Gasteiger partial charge on any atom is -0.481 e. The van der Waals surface area contributed by atoms with Crippen LogP contribution in [0.25, 0.3) is 0 Å². The van der Waals surface area contributed by atoms with Gasteiger partial charge in [0.2, 0.25) is 5.88 Å². The van der Waals surface area contributed by atoms with Gasteiger partial charge in [0.25, 0.3) is 0 Å². The number of carboxylic acid groups (broad SMARTS) is 1. The summed E-state index contributed by atoms with van der Waals surface area (Å²) in [5, 5.41) is 9.40. The van der Waals surface area contributed by atoms with E-state index in [2.05, 4.69) is 4.98 Å². The van der Waals surface area contributed by atoms with Crippen molar-refractivity contribution in [3.05, 3.63) is 23.9 Å². The first-order valence-corrected chi connectivity index (χ1v) is 6.01. The van der Waals surface area contributed by atoms with Gasteiger partial charge in [-0.1, -0.05) is 19.4 Å². The maximum atomic E-state index is 11.5. The van der Waals surface area contributed by atoms with Crippen LogP contribution < -0.4 is 10.5 Å². The summed E-state index contributed by atoms with van der Waals surface area (Å²) in [7, 11) is 1.53. The van der Waals surface area contributed by atoms with E-state index in [0.717, 1.165) is 6.42 Å². The Bertz CT molecular complexity index is 409. The molecule has 0 amide bonds. The largest absolute Gasteiger partial charge is 0.481 e. The van der Waals surface area contributed by atoms with Gasteiger partial charge in [0, 0.05) is 24.7 Å². The summed E-state index contributed by atoms with van der Waals surface area (Å²) in [5.41, 5.74) is 5.43. The van der Waals surface area contributed by atoms with Crippen LogP contribution in [0.5, 0.6) is 5.88 Å². The minimum absolute atomic E-state index is 0.106. The Hall–Kier alpha value is -1.62. The molecule has 5 heteroatoms. The Kier molecular flexibility index (Phi) is 5.09. The highest BCUT2D eigenvalue weighted by Gasteiger charge is 2.36. The molecule has 0 spiro atoms. The van der Waals surface area contributed by atoms with E-state index in [1.165, 1.54) is 7.11 Å². The highest BCUT2D eigenvalue weighted by molar-refractivity contribution is 5.75. The molecule has 0 fully saturated rings. The quantitative estimate of drug-likeness (QED) is 0.767. The van der Waals surface area contributed by atoms with Crippen molar-refractivity contribution in [1.82, 2.24) is 4.98 Å². The van der Waals surface area contributed by atoms with E-state index in [1.807, 2.05) is 6.92 Å². The molecule has 1 atom stereocenters. The summed E-state index contributed by atoms with van der Waals surface area (Å²) >= 11 is 0. The number of nitrogens with two attached hydrogens (primary N) is 1. The highest BCUT2D eigenvalue weighted by Crippen LogP contribution is 2.28. The maximum absolute atomic E-state index is 11.5. The Morgan fingerprint density at radius 2 is 2.28 bits per heavy atom. The van der Waals surface area contributed by atoms with Gasteiger partial charge in [-0.25, -0.2) is 4.98 Å². The minimum atomic E-state index is -0.936. The molecule has 0 saturated carbocycles. The predicted octanol–water partition coefficient (Wildman–Crippen LogP) is 1.46. The standard InChI is InChI=1S/C13H20N2O3/c1-3-7-13(9-14,12(16)17)8-10-5-4-6-11(15-10)18-2/h4-6H,3,7-9,14H2,1-2H3,(H,16,17). The molecule has 0 aliphatic carbocycles. The molecule has 0 bridgehead atoms. The zero-order chi connectivity index (χ0) is 13.6. The molecule has 3 N–H and O–H groups in total. The Morgan fingerprint density at radius 3 is 2.78 bits per heavy atom. The zero-order valence-corrected chi connectivity index (χ0v) is 10.8. The zero-order valence-electron chi connectivity index (χ0n) is 10.8. The first-order chi connectivity index (χ1) is 8.57.